The number of hydrogen-bond acceptors (Lipinski definition) is 1. The summed E-state index contributed by atoms with van der Waals surface area (Å²) < 4.78 is 0. The summed E-state index contributed by atoms with van der Waals surface area (Å²) in [4.78, 5) is 0. The number of thiocarbonyl (C=S) groups is 1. The minimum absolute atomic E-state index is 0.0962. The summed E-state index contributed by atoms with van der Waals surface area (Å²) in [6.07, 6.45) is 1.06. The average molecular weight is 188 g/mol. The van der Waals surface area contributed by atoms with Crippen molar-refractivity contribution in [2.24, 2.45) is 0 Å². The van der Waals surface area contributed by atoms with Crippen LogP contribution in [0, 0.1) is 0 Å². The Morgan fingerprint density at radius 3 is 2.25 bits per heavy atom. The van der Waals surface area contributed by atoms with Crippen molar-refractivity contribution in [3.05, 3.63) is 0 Å². The largest absolute Gasteiger partial charge is 0.361 e. The molecule has 0 amide bonds. The fourth-order valence-corrected chi connectivity index (χ4v) is 1.21. The molecular formula is C9H20N2S. The molecule has 3 heteroatoms. The summed E-state index contributed by atoms with van der Waals surface area (Å²) in [5.74, 6) is 0. The van der Waals surface area contributed by atoms with Crippen LogP contribution in [0.4, 0.5) is 0 Å². The first-order chi connectivity index (χ1) is 5.37. The van der Waals surface area contributed by atoms with Crippen molar-refractivity contribution >= 4 is 17.3 Å². The van der Waals surface area contributed by atoms with Crippen molar-refractivity contribution in [3.63, 3.8) is 0 Å². The van der Waals surface area contributed by atoms with Gasteiger partial charge in [-0.25, -0.2) is 0 Å². The number of rotatable bonds is 3. The number of nitrogens with one attached hydrogen (secondary N) is 2. The van der Waals surface area contributed by atoms with Crippen LogP contribution in [-0.2, 0) is 0 Å². The van der Waals surface area contributed by atoms with E-state index in [1.807, 2.05) is 0 Å². The quantitative estimate of drug-likeness (QED) is 0.663. The van der Waals surface area contributed by atoms with Crippen LogP contribution in [0.25, 0.3) is 0 Å². The highest BCUT2D eigenvalue weighted by Crippen LogP contribution is 2.06. The van der Waals surface area contributed by atoms with Crippen LogP contribution in [0.2, 0.25) is 0 Å². The lowest BCUT2D eigenvalue weighted by Gasteiger charge is -2.27. The topological polar surface area (TPSA) is 24.1 Å². The van der Waals surface area contributed by atoms with Crippen molar-refractivity contribution in [2.45, 2.75) is 52.6 Å². The maximum absolute atomic E-state index is 5.12. The van der Waals surface area contributed by atoms with Gasteiger partial charge in [0.05, 0.1) is 0 Å². The van der Waals surface area contributed by atoms with E-state index in [9.17, 15) is 0 Å². The van der Waals surface area contributed by atoms with Gasteiger partial charge in [-0.1, -0.05) is 6.92 Å². The first kappa shape index (κ1) is 11.7. The molecule has 0 aromatic rings. The molecule has 0 aliphatic heterocycles. The van der Waals surface area contributed by atoms with E-state index in [2.05, 4.69) is 45.3 Å². The second-order valence-corrected chi connectivity index (χ2v) is 4.40. The van der Waals surface area contributed by atoms with E-state index in [1.54, 1.807) is 0 Å². The van der Waals surface area contributed by atoms with Crippen molar-refractivity contribution < 1.29 is 0 Å². The molecule has 12 heavy (non-hydrogen) atoms. The van der Waals surface area contributed by atoms with Gasteiger partial charge in [0.15, 0.2) is 5.11 Å². The third-order valence-electron chi connectivity index (χ3n) is 1.76. The normalized spacial score (nSPS) is 11.5. The predicted molar refractivity (Wildman–Crippen MR) is 58.4 cm³/mol. The van der Waals surface area contributed by atoms with Gasteiger partial charge in [0, 0.05) is 11.6 Å². The van der Waals surface area contributed by atoms with E-state index >= 15 is 0 Å². The molecule has 0 saturated carbocycles. The molecule has 0 aliphatic carbocycles. The molecule has 0 heterocycles. The molecule has 2 N–H and O–H groups in total. The predicted octanol–water partition coefficient (Wildman–Crippen LogP) is 2.05. The average Bonchev–Trinajstić information content (AvgIpc) is 1.84. The fraction of sp³-hybridized carbons (Fsp3) is 0.889. The fourth-order valence-electron chi connectivity index (χ4n) is 0.694. The van der Waals surface area contributed by atoms with Gasteiger partial charge in [0.1, 0.15) is 0 Å². The minimum Gasteiger partial charge on any atom is -0.361 e. The van der Waals surface area contributed by atoms with Crippen molar-refractivity contribution in [1.82, 2.24) is 10.6 Å². The third kappa shape index (κ3) is 5.35. The van der Waals surface area contributed by atoms with E-state index < -0.39 is 0 Å². The highest BCUT2D eigenvalue weighted by molar-refractivity contribution is 7.80. The summed E-state index contributed by atoms with van der Waals surface area (Å²) in [5.41, 5.74) is 0.0962. The molecule has 2 nitrogen and oxygen atoms in total. The molecule has 0 unspecified atom stereocenters. The third-order valence-corrected chi connectivity index (χ3v) is 1.98. The molecule has 0 saturated heterocycles. The molecule has 0 aromatic carbocycles. The first-order valence-corrected chi connectivity index (χ1v) is 4.87. The Balaban J connectivity index is 3.84. The smallest absolute Gasteiger partial charge is 0.166 e. The first-order valence-electron chi connectivity index (χ1n) is 4.46. The molecule has 72 valence electrons. The lowest BCUT2D eigenvalue weighted by atomic mass is 10.0. The van der Waals surface area contributed by atoms with E-state index in [4.69, 9.17) is 12.2 Å². The molecular weight excluding hydrogens is 168 g/mol. The maximum atomic E-state index is 5.12. The lowest BCUT2D eigenvalue weighted by molar-refractivity contribution is 0.440. The van der Waals surface area contributed by atoms with Gasteiger partial charge >= 0.3 is 0 Å². The van der Waals surface area contributed by atoms with Crippen LogP contribution >= 0.6 is 12.2 Å². The monoisotopic (exact) mass is 188 g/mol. The van der Waals surface area contributed by atoms with E-state index in [0.717, 1.165) is 11.5 Å². The molecule has 0 radical (unpaired) electrons. The summed E-state index contributed by atoms with van der Waals surface area (Å²) in [6.45, 7) is 10.6. The summed E-state index contributed by atoms with van der Waals surface area (Å²) in [6, 6.07) is 0.401. The van der Waals surface area contributed by atoms with Gasteiger partial charge in [-0.3, -0.25) is 0 Å². The van der Waals surface area contributed by atoms with Crippen LogP contribution in [0.1, 0.15) is 41.0 Å². The van der Waals surface area contributed by atoms with Crippen molar-refractivity contribution in [1.29, 1.82) is 0 Å². The van der Waals surface area contributed by atoms with Crippen LogP contribution < -0.4 is 10.6 Å². The van der Waals surface area contributed by atoms with Crippen LogP contribution in [0.5, 0.6) is 0 Å². The second kappa shape index (κ2) is 4.65. The van der Waals surface area contributed by atoms with Crippen molar-refractivity contribution in [3.8, 4) is 0 Å². The Bertz CT molecular complexity index is 153. The van der Waals surface area contributed by atoms with Gasteiger partial charge in [0.25, 0.3) is 0 Å². The Morgan fingerprint density at radius 2 is 1.92 bits per heavy atom. The summed E-state index contributed by atoms with van der Waals surface area (Å²) >= 11 is 5.12. The Labute approximate surface area is 81.1 Å². The van der Waals surface area contributed by atoms with Crippen LogP contribution in [0.3, 0.4) is 0 Å². The Morgan fingerprint density at radius 1 is 1.42 bits per heavy atom. The van der Waals surface area contributed by atoms with E-state index in [-0.39, 0.29) is 5.54 Å². The van der Waals surface area contributed by atoms with Crippen LogP contribution in [-0.4, -0.2) is 16.7 Å². The molecule has 0 fully saturated rings. The van der Waals surface area contributed by atoms with Crippen molar-refractivity contribution in [2.75, 3.05) is 0 Å². The SMILES string of the molecule is CCC(C)(C)NC(=S)NC(C)C. The molecule has 0 aromatic heterocycles. The lowest BCUT2D eigenvalue weighted by Crippen LogP contribution is -2.49. The van der Waals surface area contributed by atoms with Crippen LogP contribution in [0.15, 0.2) is 0 Å². The molecule has 0 rings (SSSR count). The minimum atomic E-state index is 0.0962. The number of hydrogen-bond donors (Lipinski definition) is 2. The zero-order valence-electron chi connectivity index (χ0n) is 8.69. The van der Waals surface area contributed by atoms with Gasteiger partial charge in [-0.15, -0.1) is 0 Å². The molecule has 0 bridgehead atoms. The zero-order valence-corrected chi connectivity index (χ0v) is 9.51. The van der Waals surface area contributed by atoms with Gasteiger partial charge < -0.3 is 10.6 Å². The molecule has 0 atom stereocenters. The maximum Gasteiger partial charge on any atom is 0.166 e. The zero-order chi connectivity index (χ0) is 9.78. The second-order valence-electron chi connectivity index (χ2n) is 3.99. The Kier molecular flexibility index (Phi) is 4.53. The molecule has 0 spiro atoms. The van der Waals surface area contributed by atoms with E-state index in [0.29, 0.717) is 6.04 Å². The van der Waals surface area contributed by atoms with Gasteiger partial charge in [-0.05, 0) is 46.3 Å². The highest BCUT2D eigenvalue weighted by Gasteiger charge is 2.15. The standard InChI is InChI=1S/C9H20N2S/c1-6-9(4,5)11-8(12)10-7(2)3/h7H,6H2,1-5H3,(H2,10,11,12). The summed E-state index contributed by atoms with van der Waals surface area (Å²) in [7, 11) is 0. The summed E-state index contributed by atoms with van der Waals surface area (Å²) in [5, 5.41) is 7.16. The Hall–Kier alpha value is -0.310. The highest BCUT2D eigenvalue weighted by atomic mass is 32.1. The van der Waals surface area contributed by atoms with Gasteiger partial charge in [0.2, 0.25) is 0 Å². The molecule has 0 aliphatic rings. The van der Waals surface area contributed by atoms with E-state index in [1.165, 1.54) is 0 Å². The van der Waals surface area contributed by atoms with Gasteiger partial charge in [-0.2, -0.15) is 0 Å².